The summed E-state index contributed by atoms with van der Waals surface area (Å²) in [7, 11) is 1.77. The molecule has 0 heterocycles. The first kappa shape index (κ1) is 14.8. The number of ether oxygens (including phenoxy) is 1. The molecule has 0 radical (unpaired) electrons. The summed E-state index contributed by atoms with van der Waals surface area (Å²) in [6.45, 7) is 5.27. The molecule has 106 valence electrons. The molecule has 1 aromatic carbocycles. The Morgan fingerprint density at radius 1 is 1.37 bits per heavy atom. The standard InChI is InChI=1S/C16H24ClNO/c1-11(2)16(10-19-3)18-15-8-13(9-15)12-5-4-6-14(17)7-12/h4-7,11,13,15-16,18H,8-10H2,1-3H3. The first-order valence-corrected chi connectivity index (χ1v) is 7.48. The molecule has 1 aromatic rings. The molecule has 1 atom stereocenters. The fourth-order valence-electron chi connectivity index (χ4n) is 2.70. The topological polar surface area (TPSA) is 21.3 Å². The molecule has 1 fully saturated rings. The van der Waals surface area contributed by atoms with Crippen LogP contribution in [0.1, 0.15) is 38.2 Å². The van der Waals surface area contributed by atoms with Crippen LogP contribution < -0.4 is 5.32 Å². The van der Waals surface area contributed by atoms with Crippen molar-refractivity contribution in [1.29, 1.82) is 0 Å². The molecule has 1 N–H and O–H groups in total. The highest BCUT2D eigenvalue weighted by Gasteiger charge is 2.32. The van der Waals surface area contributed by atoms with Crippen molar-refractivity contribution in [1.82, 2.24) is 5.32 Å². The van der Waals surface area contributed by atoms with Crippen LogP contribution >= 0.6 is 11.6 Å². The molecular weight excluding hydrogens is 258 g/mol. The van der Waals surface area contributed by atoms with Gasteiger partial charge in [0.15, 0.2) is 0 Å². The van der Waals surface area contributed by atoms with E-state index in [1.54, 1.807) is 7.11 Å². The molecule has 1 unspecified atom stereocenters. The van der Waals surface area contributed by atoms with Crippen LogP contribution in [-0.4, -0.2) is 25.8 Å². The molecule has 2 rings (SSSR count). The second kappa shape index (κ2) is 6.74. The maximum absolute atomic E-state index is 6.04. The third kappa shape index (κ3) is 3.95. The van der Waals surface area contributed by atoms with Gasteiger partial charge in [0.05, 0.1) is 6.61 Å². The van der Waals surface area contributed by atoms with Crippen LogP contribution in [0, 0.1) is 5.92 Å². The number of rotatable bonds is 6. The number of benzene rings is 1. The van der Waals surface area contributed by atoms with Gasteiger partial charge in [0.1, 0.15) is 0 Å². The lowest BCUT2D eigenvalue weighted by Crippen LogP contribution is -2.49. The Kier molecular flexibility index (Phi) is 5.26. The Labute approximate surface area is 121 Å². The molecule has 0 saturated heterocycles. The molecule has 0 aliphatic heterocycles. The zero-order valence-electron chi connectivity index (χ0n) is 12.0. The van der Waals surface area contributed by atoms with Crippen molar-refractivity contribution in [2.45, 2.75) is 44.7 Å². The third-order valence-electron chi connectivity index (χ3n) is 4.06. The van der Waals surface area contributed by atoms with Crippen molar-refractivity contribution in [2.24, 2.45) is 5.92 Å². The van der Waals surface area contributed by atoms with Crippen LogP contribution in [0.15, 0.2) is 24.3 Å². The summed E-state index contributed by atoms with van der Waals surface area (Å²) < 4.78 is 5.28. The summed E-state index contributed by atoms with van der Waals surface area (Å²) >= 11 is 6.04. The van der Waals surface area contributed by atoms with Crippen LogP contribution in [0.5, 0.6) is 0 Å². The maximum Gasteiger partial charge on any atom is 0.0618 e. The highest BCUT2D eigenvalue weighted by Crippen LogP contribution is 2.38. The smallest absolute Gasteiger partial charge is 0.0618 e. The van der Waals surface area contributed by atoms with Crippen LogP contribution in [0.4, 0.5) is 0 Å². The van der Waals surface area contributed by atoms with E-state index in [9.17, 15) is 0 Å². The molecular formula is C16H24ClNO. The normalized spacial score (nSPS) is 24.3. The van der Waals surface area contributed by atoms with Crippen molar-refractivity contribution in [3.8, 4) is 0 Å². The van der Waals surface area contributed by atoms with Gasteiger partial charge < -0.3 is 10.1 Å². The average Bonchev–Trinajstić information content (AvgIpc) is 2.31. The summed E-state index contributed by atoms with van der Waals surface area (Å²) in [5, 5.41) is 4.55. The fraction of sp³-hybridized carbons (Fsp3) is 0.625. The Hall–Kier alpha value is -0.570. The zero-order valence-corrected chi connectivity index (χ0v) is 12.8. The average molecular weight is 282 g/mol. The van der Waals surface area contributed by atoms with Crippen molar-refractivity contribution in [3.63, 3.8) is 0 Å². The summed E-state index contributed by atoms with van der Waals surface area (Å²) in [6, 6.07) is 9.33. The summed E-state index contributed by atoms with van der Waals surface area (Å²) in [5.41, 5.74) is 1.37. The lowest BCUT2D eigenvalue weighted by Gasteiger charge is -2.39. The van der Waals surface area contributed by atoms with Crippen LogP contribution in [0.2, 0.25) is 5.02 Å². The van der Waals surface area contributed by atoms with Crippen LogP contribution in [0.3, 0.4) is 0 Å². The lowest BCUT2D eigenvalue weighted by atomic mass is 9.75. The second-order valence-electron chi connectivity index (χ2n) is 5.89. The van der Waals surface area contributed by atoms with Gasteiger partial charge in [-0.25, -0.2) is 0 Å². The van der Waals surface area contributed by atoms with Crippen LogP contribution in [-0.2, 0) is 4.74 Å². The van der Waals surface area contributed by atoms with E-state index >= 15 is 0 Å². The first-order chi connectivity index (χ1) is 9.10. The minimum atomic E-state index is 0.454. The Balaban J connectivity index is 1.82. The SMILES string of the molecule is COCC(NC1CC(c2cccc(Cl)c2)C1)C(C)C. The third-order valence-corrected chi connectivity index (χ3v) is 4.29. The maximum atomic E-state index is 6.04. The zero-order chi connectivity index (χ0) is 13.8. The number of halogens is 1. The molecule has 1 aliphatic carbocycles. The first-order valence-electron chi connectivity index (χ1n) is 7.10. The number of nitrogens with one attached hydrogen (secondary N) is 1. The van der Waals surface area contributed by atoms with Gasteiger partial charge in [0.25, 0.3) is 0 Å². The lowest BCUT2D eigenvalue weighted by molar-refractivity contribution is 0.126. The van der Waals surface area contributed by atoms with Gasteiger partial charge in [-0.3, -0.25) is 0 Å². The van der Waals surface area contributed by atoms with Crippen molar-refractivity contribution in [2.75, 3.05) is 13.7 Å². The van der Waals surface area contributed by atoms with Gasteiger partial charge in [-0.15, -0.1) is 0 Å². The van der Waals surface area contributed by atoms with E-state index in [-0.39, 0.29) is 0 Å². The second-order valence-corrected chi connectivity index (χ2v) is 6.33. The summed E-state index contributed by atoms with van der Waals surface area (Å²) in [6.07, 6.45) is 2.40. The molecule has 19 heavy (non-hydrogen) atoms. The minimum Gasteiger partial charge on any atom is -0.383 e. The minimum absolute atomic E-state index is 0.454. The van der Waals surface area contributed by atoms with E-state index in [1.165, 1.54) is 18.4 Å². The Morgan fingerprint density at radius 2 is 2.11 bits per heavy atom. The molecule has 1 saturated carbocycles. The predicted octanol–water partition coefficient (Wildman–Crippen LogP) is 3.85. The van der Waals surface area contributed by atoms with Crippen molar-refractivity contribution >= 4 is 11.6 Å². The summed E-state index contributed by atoms with van der Waals surface area (Å²) in [5.74, 6) is 1.26. The van der Waals surface area contributed by atoms with E-state index in [1.807, 2.05) is 12.1 Å². The van der Waals surface area contributed by atoms with E-state index in [0.29, 0.717) is 23.9 Å². The van der Waals surface area contributed by atoms with Gasteiger partial charge in [-0.2, -0.15) is 0 Å². The monoisotopic (exact) mass is 281 g/mol. The molecule has 0 bridgehead atoms. The molecule has 3 heteroatoms. The molecule has 0 spiro atoms. The highest BCUT2D eigenvalue weighted by molar-refractivity contribution is 6.30. The van der Waals surface area contributed by atoms with E-state index in [0.717, 1.165) is 11.6 Å². The largest absolute Gasteiger partial charge is 0.383 e. The quantitative estimate of drug-likeness (QED) is 0.855. The van der Waals surface area contributed by atoms with Crippen LogP contribution in [0.25, 0.3) is 0 Å². The van der Waals surface area contributed by atoms with Gasteiger partial charge >= 0.3 is 0 Å². The highest BCUT2D eigenvalue weighted by atomic mass is 35.5. The molecule has 0 aromatic heterocycles. The van der Waals surface area contributed by atoms with E-state index < -0.39 is 0 Å². The number of hydrogen-bond donors (Lipinski definition) is 1. The summed E-state index contributed by atoms with van der Waals surface area (Å²) in [4.78, 5) is 0. The van der Waals surface area contributed by atoms with E-state index in [4.69, 9.17) is 16.3 Å². The van der Waals surface area contributed by atoms with Gasteiger partial charge in [0, 0.05) is 24.2 Å². The molecule has 0 amide bonds. The van der Waals surface area contributed by atoms with E-state index in [2.05, 4.69) is 31.3 Å². The van der Waals surface area contributed by atoms with Gasteiger partial charge in [-0.1, -0.05) is 37.6 Å². The van der Waals surface area contributed by atoms with Gasteiger partial charge in [0.2, 0.25) is 0 Å². The number of hydrogen-bond acceptors (Lipinski definition) is 2. The Bertz CT molecular complexity index is 401. The number of methoxy groups -OCH3 is 1. The predicted molar refractivity (Wildman–Crippen MR) is 80.9 cm³/mol. The molecule has 2 nitrogen and oxygen atoms in total. The molecule has 1 aliphatic rings. The van der Waals surface area contributed by atoms with Crippen molar-refractivity contribution in [3.05, 3.63) is 34.9 Å². The fourth-order valence-corrected chi connectivity index (χ4v) is 2.90. The van der Waals surface area contributed by atoms with Crippen molar-refractivity contribution < 1.29 is 4.74 Å². The Morgan fingerprint density at radius 3 is 2.68 bits per heavy atom. The van der Waals surface area contributed by atoms with Gasteiger partial charge in [-0.05, 0) is 42.4 Å².